The van der Waals surface area contributed by atoms with Gasteiger partial charge in [-0.3, -0.25) is 4.79 Å². The van der Waals surface area contributed by atoms with Crippen LogP contribution in [-0.2, 0) is 12.4 Å². The van der Waals surface area contributed by atoms with Crippen molar-refractivity contribution in [1.29, 1.82) is 0 Å². The number of carbonyl (C=O) groups excluding carboxylic acids is 1. The predicted octanol–water partition coefficient (Wildman–Crippen LogP) is 7.26. The third-order valence-corrected chi connectivity index (χ3v) is 7.05. The zero-order valence-corrected chi connectivity index (χ0v) is 21.4. The van der Waals surface area contributed by atoms with Crippen molar-refractivity contribution in [1.82, 2.24) is 20.1 Å². The van der Waals surface area contributed by atoms with Gasteiger partial charge < -0.3 is 10.6 Å². The van der Waals surface area contributed by atoms with Crippen LogP contribution in [0.2, 0.25) is 5.15 Å². The molecular formula is C27H22ClF6N5O. The lowest BCUT2D eigenvalue weighted by Gasteiger charge is -2.31. The topological polar surface area (TPSA) is 71.8 Å². The van der Waals surface area contributed by atoms with E-state index in [1.54, 1.807) is 36.4 Å². The van der Waals surface area contributed by atoms with Crippen LogP contribution in [0, 0.1) is 0 Å². The highest BCUT2D eigenvalue weighted by atomic mass is 35.5. The summed E-state index contributed by atoms with van der Waals surface area (Å²) < 4.78 is 82.8. The van der Waals surface area contributed by atoms with Gasteiger partial charge in [-0.15, -0.1) is 0 Å². The molecule has 4 aromatic rings. The molecule has 0 unspecified atom stereocenters. The molecule has 0 spiro atoms. The smallest absolute Gasteiger partial charge is 0.382 e. The standard InChI is InChI=1S/C27H22ClF6N5O/c28-24-22(23(27(32,33)34)38-39(24)17-9-2-1-3-10-17)25(40)36-16-8-6-7-15(13-16)35-20-14-21(26(29,30)31)37-19-12-5-4-11-18(19)20/h1-5,9-12,14-16H,6-8,13H2,(H,35,37)(H,36,40)/t15-,16+/m0/s1. The maximum absolute atomic E-state index is 13.8. The lowest BCUT2D eigenvalue weighted by molar-refractivity contribution is -0.142. The van der Waals surface area contributed by atoms with Gasteiger partial charge in [0.05, 0.1) is 11.2 Å². The highest BCUT2D eigenvalue weighted by Crippen LogP contribution is 2.37. The van der Waals surface area contributed by atoms with Crippen molar-refractivity contribution < 1.29 is 31.1 Å². The van der Waals surface area contributed by atoms with Crippen molar-refractivity contribution >= 4 is 34.1 Å². The lowest BCUT2D eigenvalue weighted by atomic mass is 9.90. The van der Waals surface area contributed by atoms with Gasteiger partial charge in [0.15, 0.2) is 5.69 Å². The molecule has 0 bridgehead atoms. The highest BCUT2D eigenvalue weighted by Gasteiger charge is 2.42. The van der Waals surface area contributed by atoms with E-state index in [-0.39, 0.29) is 29.4 Å². The number of aromatic nitrogens is 3. The molecule has 1 amide bonds. The number of nitrogens with one attached hydrogen (secondary N) is 2. The molecule has 210 valence electrons. The molecule has 5 rings (SSSR count). The summed E-state index contributed by atoms with van der Waals surface area (Å²) in [6, 6.07) is 14.3. The maximum atomic E-state index is 13.8. The Labute approximate surface area is 229 Å². The Balaban J connectivity index is 1.38. The van der Waals surface area contributed by atoms with Crippen LogP contribution in [0.25, 0.3) is 16.6 Å². The van der Waals surface area contributed by atoms with Crippen molar-refractivity contribution in [3.8, 4) is 5.69 Å². The van der Waals surface area contributed by atoms with Crippen LogP contribution in [0.4, 0.5) is 32.0 Å². The molecule has 2 aromatic heterocycles. The van der Waals surface area contributed by atoms with Gasteiger partial charge in [0.25, 0.3) is 5.91 Å². The molecule has 13 heteroatoms. The van der Waals surface area contributed by atoms with Crippen LogP contribution in [0.5, 0.6) is 0 Å². The van der Waals surface area contributed by atoms with E-state index in [9.17, 15) is 31.1 Å². The van der Waals surface area contributed by atoms with Gasteiger partial charge in [0.1, 0.15) is 16.4 Å². The number of fused-ring (bicyclic) bond motifs is 1. The van der Waals surface area contributed by atoms with E-state index in [4.69, 9.17) is 11.6 Å². The molecule has 2 heterocycles. The van der Waals surface area contributed by atoms with E-state index < -0.39 is 46.4 Å². The van der Waals surface area contributed by atoms with E-state index >= 15 is 0 Å². The summed E-state index contributed by atoms with van der Waals surface area (Å²) in [5.74, 6) is -1.03. The molecule has 1 aliphatic carbocycles. The molecule has 1 fully saturated rings. The van der Waals surface area contributed by atoms with Crippen LogP contribution in [0.1, 0.15) is 47.4 Å². The largest absolute Gasteiger partial charge is 0.436 e. The fourth-order valence-corrected chi connectivity index (χ4v) is 5.22. The van der Waals surface area contributed by atoms with Crippen molar-refractivity contribution in [3.05, 3.63) is 82.8 Å². The van der Waals surface area contributed by atoms with Crippen LogP contribution in [0.3, 0.4) is 0 Å². The van der Waals surface area contributed by atoms with E-state index in [0.29, 0.717) is 24.6 Å². The summed E-state index contributed by atoms with van der Waals surface area (Å²) in [6.45, 7) is 0. The molecular weight excluding hydrogens is 560 g/mol. The Bertz CT molecular complexity index is 1540. The number of hydrogen-bond acceptors (Lipinski definition) is 4. The Morgan fingerprint density at radius 2 is 1.60 bits per heavy atom. The number of benzene rings is 2. The predicted molar refractivity (Wildman–Crippen MR) is 137 cm³/mol. The Morgan fingerprint density at radius 1 is 0.925 bits per heavy atom. The Morgan fingerprint density at radius 3 is 2.30 bits per heavy atom. The highest BCUT2D eigenvalue weighted by molar-refractivity contribution is 6.33. The molecule has 0 aliphatic heterocycles. The molecule has 2 atom stereocenters. The summed E-state index contributed by atoms with van der Waals surface area (Å²) in [6.07, 6.45) is -7.67. The second kappa shape index (κ2) is 10.6. The monoisotopic (exact) mass is 581 g/mol. The minimum absolute atomic E-state index is 0.172. The van der Waals surface area contributed by atoms with Gasteiger partial charge in [-0.2, -0.15) is 31.4 Å². The van der Waals surface area contributed by atoms with E-state index in [0.717, 1.165) is 10.7 Å². The fraction of sp³-hybridized carbons (Fsp3) is 0.296. The summed E-state index contributed by atoms with van der Waals surface area (Å²) in [5, 5.41) is 9.37. The SMILES string of the molecule is O=C(N[C@@H]1CCC[C@H](Nc2cc(C(F)(F)F)nc3ccccc23)C1)c1c(C(F)(F)F)nn(-c2ccccc2)c1Cl. The first kappa shape index (κ1) is 27.8. The Hall–Kier alpha value is -3.80. The second-order valence-electron chi connectivity index (χ2n) is 9.51. The molecule has 0 radical (unpaired) electrons. The van der Waals surface area contributed by atoms with Gasteiger partial charge in [-0.05, 0) is 49.9 Å². The summed E-state index contributed by atoms with van der Waals surface area (Å²) >= 11 is 6.26. The van der Waals surface area contributed by atoms with Crippen molar-refractivity contribution in [2.45, 2.75) is 50.1 Å². The number of nitrogens with zero attached hydrogens (tertiary/aromatic N) is 3. The van der Waals surface area contributed by atoms with E-state index in [1.165, 1.54) is 18.2 Å². The molecule has 2 aromatic carbocycles. The van der Waals surface area contributed by atoms with Crippen LogP contribution >= 0.6 is 11.6 Å². The van der Waals surface area contributed by atoms with Gasteiger partial charge in [0.2, 0.25) is 0 Å². The number of hydrogen-bond donors (Lipinski definition) is 2. The van der Waals surface area contributed by atoms with E-state index in [2.05, 4.69) is 20.7 Å². The normalized spacial score (nSPS) is 18.1. The summed E-state index contributed by atoms with van der Waals surface area (Å²) in [7, 11) is 0. The van der Waals surface area contributed by atoms with Gasteiger partial charge in [-0.1, -0.05) is 48.0 Å². The van der Waals surface area contributed by atoms with Crippen LogP contribution < -0.4 is 10.6 Å². The minimum Gasteiger partial charge on any atom is -0.382 e. The minimum atomic E-state index is -4.94. The number of halogens is 7. The molecule has 1 aliphatic rings. The number of para-hydroxylation sites is 2. The number of amides is 1. The lowest BCUT2D eigenvalue weighted by Crippen LogP contribution is -2.42. The Kier molecular flexibility index (Phi) is 7.38. The average molecular weight is 582 g/mol. The molecule has 40 heavy (non-hydrogen) atoms. The molecule has 0 saturated heterocycles. The van der Waals surface area contributed by atoms with Gasteiger partial charge in [0, 0.05) is 23.2 Å². The van der Waals surface area contributed by atoms with Crippen LogP contribution in [-0.4, -0.2) is 32.8 Å². The average Bonchev–Trinajstić information content (AvgIpc) is 3.26. The van der Waals surface area contributed by atoms with Crippen LogP contribution in [0.15, 0.2) is 60.7 Å². The number of carbonyl (C=O) groups is 1. The first-order valence-electron chi connectivity index (χ1n) is 12.4. The quantitative estimate of drug-likeness (QED) is 0.243. The third-order valence-electron chi connectivity index (χ3n) is 6.70. The summed E-state index contributed by atoms with van der Waals surface area (Å²) in [5.41, 5.74) is -2.58. The summed E-state index contributed by atoms with van der Waals surface area (Å²) in [4.78, 5) is 16.9. The van der Waals surface area contributed by atoms with Crippen molar-refractivity contribution in [2.24, 2.45) is 0 Å². The first-order valence-corrected chi connectivity index (χ1v) is 12.7. The number of rotatable bonds is 5. The number of pyridine rings is 1. The number of alkyl halides is 6. The van der Waals surface area contributed by atoms with E-state index in [1.807, 2.05) is 0 Å². The molecule has 2 N–H and O–H groups in total. The zero-order valence-electron chi connectivity index (χ0n) is 20.7. The maximum Gasteiger partial charge on any atom is 0.436 e. The number of anilines is 1. The third kappa shape index (κ3) is 5.72. The fourth-order valence-electron chi connectivity index (χ4n) is 4.91. The first-order chi connectivity index (χ1) is 18.9. The molecule has 1 saturated carbocycles. The molecule has 6 nitrogen and oxygen atoms in total. The van der Waals surface area contributed by atoms with Crippen molar-refractivity contribution in [2.75, 3.05) is 5.32 Å². The zero-order chi connectivity index (χ0) is 28.7. The van der Waals surface area contributed by atoms with Gasteiger partial charge >= 0.3 is 12.4 Å². The second-order valence-corrected chi connectivity index (χ2v) is 9.87. The van der Waals surface area contributed by atoms with Gasteiger partial charge in [-0.25, -0.2) is 9.67 Å². The van der Waals surface area contributed by atoms with Crippen molar-refractivity contribution in [3.63, 3.8) is 0 Å².